The summed E-state index contributed by atoms with van der Waals surface area (Å²) in [6.45, 7) is 6.18. The summed E-state index contributed by atoms with van der Waals surface area (Å²) in [4.78, 5) is 4.41. The van der Waals surface area contributed by atoms with Crippen molar-refractivity contribution in [1.29, 1.82) is 0 Å². The molecule has 0 spiro atoms. The summed E-state index contributed by atoms with van der Waals surface area (Å²) < 4.78 is 11.7. The Morgan fingerprint density at radius 1 is 1.35 bits per heavy atom. The third-order valence-electron chi connectivity index (χ3n) is 2.94. The second-order valence-corrected chi connectivity index (χ2v) is 6.59. The first-order valence-electron chi connectivity index (χ1n) is 6.24. The fraction of sp³-hybridized carbons (Fsp3) is 0.429. The first-order valence-corrected chi connectivity index (χ1v) is 7.04. The van der Waals surface area contributed by atoms with Crippen LogP contribution in [-0.2, 0) is 4.74 Å². The minimum atomic E-state index is -0.239. The Morgan fingerprint density at radius 2 is 2.05 bits per heavy atom. The summed E-state index contributed by atoms with van der Waals surface area (Å²) in [6.07, 6.45) is -0.239. The zero-order valence-electron chi connectivity index (χ0n) is 12.0. The molecule has 1 aromatic heterocycles. The van der Waals surface area contributed by atoms with E-state index in [2.05, 4.69) is 46.8 Å². The van der Waals surface area contributed by atoms with Gasteiger partial charge in [-0.2, -0.15) is 4.98 Å². The minimum absolute atomic E-state index is 0.124. The van der Waals surface area contributed by atoms with E-state index in [9.17, 15) is 0 Å². The molecule has 0 bridgehead atoms. The number of nitrogen functional groups attached to an aromatic ring is 1. The molecular weight excluding hydrogens is 322 g/mol. The van der Waals surface area contributed by atoms with Crippen molar-refractivity contribution in [2.45, 2.75) is 26.9 Å². The third-order valence-corrected chi connectivity index (χ3v) is 3.44. The number of anilines is 1. The fourth-order valence-electron chi connectivity index (χ4n) is 2.03. The van der Waals surface area contributed by atoms with Crippen LogP contribution in [0.25, 0.3) is 11.5 Å². The maximum absolute atomic E-state index is 5.97. The molecule has 2 rings (SSSR count). The van der Waals surface area contributed by atoms with Crippen molar-refractivity contribution in [2.75, 3.05) is 12.8 Å². The van der Waals surface area contributed by atoms with Gasteiger partial charge in [-0.1, -0.05) is 41.9 Å². The molecule has 2 N–H and O–H groups in total. The molecule has 1 aromatic carbocycles. The lowest BCUT2D eigenvalue weighted by molar-refractivity contribution is 0.00718. The van der Waals surface area contributed by atoms with Gasteiger partial charge in [-0.25, -0.2) is 0 Å². The Kier molecular flexibility index (Phi) is 4.15. The number of halogens is 1. The van der Waals surface area contributed by atoms with Gasteiger partial charge in [0.2, 0.25) is 5.82 Å². The minimum Gasteiger partial charge on any atom is -0.398 e. The van der Waals surface area contributed by atoms with E-state index >= 15 is 0 Å². The predicted octanol–water partition coefficient (Wildman–Crippen LogP) is 3.81. The van der Waals surface area contributed by atoms with Gasteiger partial charge in [0, 0.05) is 17.3 Å². The standard InChI is InChI=1S/C14H18BrN3O2/c1-14(2,3)11(19-4)12-17-13(20-18-12)9-6-5-8(15)7-10(9)16/h5-7,11H,16H2,1-4H3. The maximum atomic E-state index is 5.97. The second kappa shape index (κ2) is 5.54. The SMILES string of the molecule is COC(c1noc(-c2ccc(Br)cc2N)n1)C(C)(C)C. The van der Waals surface area contributed by atoms with Crippen molar-refractivity contribution in [3.05, 3.63) is 28.5 Å². The van der Waals surface area contributed by atoms with Gasteiger partial charge in [0.05, 0.1) is 5.56 Å². The summed E-state index contributed by atoms with van der Waals surface area (Å²) in [5, 5.41) is 4.02. The molecule has 0 amide bonds. The highest BCUT2D eigenvalue weighted by Crippen LogP contribution is 2.35. The van der Waals surface area contributed by atoms with E-state index in [4.69, 9.17) is 15.0 Å². The average molecular weight is 340 g/mol. The fourth-order valence-corrected chi connectivity index (χ4v) is 2.40. The summed E-state index contributed by atoms with van der Waals surface area (Å²) in [6, 6.07) is 5.53. The molecule has 108 valence electrons. The van der Waals surface area contributed by atoms with Crippen LogP contribution < -0.4 is 5.73 Å². The van der Waals surface area contributed by atoms with Gasteiger partial charge in [0.15, 0.2) is 0 Å². The molecule has 2 aromatic rings. The van der Waals surface area contributed by atoms with E-state index in [1.54, 1.807) is 13.2 Å². The van der Waals surface area contributed by atoms with Crippen LogP contribution >= 0.6 is 15.9 Å². The van der Waals surface area contributed by atoms with Gasteiger partial charge in [-0.3, -0.25) is 0 Å². The van der Waals surface area contributed by atoms with Crippen LogP contribution in [0.2, 0.25) is 0 Å². The smallest absolute Gasteiger partial charge is 0.260 e. The predicted molar refractivity (Wildman–Crippen MR) is 81.1 cm³/mol. The molecule has 1 heterocycles. The van der Waals surface area contributed by atoms with Crippen molar-refractivity contribution in [3.63, 3.8) is 0 Å². The van der Waals surface area contributed by atoms with Crippen LogP contribution in [0.1, 0.15) is 32.7 Å². The Morgan fingerprint density at radius 3 is 2.60 bits per heavy atom. The molecular formula is C14H18BrN3O2. The second-order valence-electron chi connectivity index (χ2n) is 5.67. The van der Waals surface area contributed by atoms with Crippen LogP contribution in [0.15, 0.2) is 27.2 Å². The molecule has 6 heteroatoms. The number of methoxy groups -OCH3 is 1. The van der Waals surface area contributed by atoms with Crippen molar-refractivity contribution in [2.24, 2.45) is 5.41 Å². The van der Waals surface area contributed by atoms with Gasteiger partial charge in [0.25, 0.3) is 5.89 Å². The molecule has 5 nitrogen and oxygen atoms in total. The van der Waals surface area contributed by atoms with Gasteiger partial charge in [-0.15, -0.1) is 0 Å². The lowest BCUT2D eigenvalue weighted by Gasteiger charge is -2.26. The van der Waals surface area contributed by atoms with E-state index in [1.807, 2.05) is 12.1 Å². The molecule has 20 heavy (non-hydrogen) atoms. The Hall–Kier alpha value is -1.40. The number of hydrogen-bond acceptors (Lipinski definition) is 5. The normalized spacial score (nSPS) is 13.4. The van der Waals surface area contributed by atoms with Crippen LogP contribution in [0.5, 0.6) is 0 Å². The number of ether oxygens (including phenoxy) is 1. The topological polar surface area (TPSA) is 74.2 Å². The molecule has 1 atom stereocenters. The Balaban J connectivity index is 2.38. The van der Waals surface area contributed by atoms with Gasteiger partial charge < -0.3 is 15.0 Å². The van der Waals surface area contributed by atoms with E-state index in [0.717, 1.165) is 10.0 Å². The van der Waals surface area contributed by atoms with Crippen molar-refractivity contribution >= 4 is 21.6 Å². The quantitative estimate of drug-likeness (QED) is 0.860. The monoisotopic (exact) mass is 339 g/mol. The van der Waals surface area contributed by atoms with Crippen LogP contribution in [0.4, 0.5) is 5.69 Å². The molecule has 0 aliphatic heterocycles. The average Bonchev–Trinajstić information content (AvgIpc) is 2.77. The lowest BCUT2D eigenvalue weighted by Crippen LogP contribution is -2.21. The summed E-state index contributed by atoms with van der Waals surface area (Å²) in [5.41, 5.74) is 7.15. The maximum Gasteiger partial charge on any atom is 0.260 e. The molecule has 1 unspecified atom stereocenters. The number of nitrogens with zero attached hydrogens (tertiary/aromatic N) is 2. The van der Waals surface area contributed by atoms with E-state index in [0.29, 0.717) is 17.4 Å². The number of nitrogens with two attached hydrogens (primary N) is 1. The largest absolute Gasteiger partial charge is 0.398 e. The van der Waals surface area contributed by atoms with Gasteiger partial charge in [-0.05, 0) is 23.6 Å². The van der Waals surface area contributed by atoms with Gasteiger partial charge >= 0.3 is 0 Å². The highest BCUT2D eigenvalue weighted by molar-refractivity contribution is 9.10. The molecule has 0 saturated heterocycles. The van der Waals surface area contributed by atoms with E-state index < -0.39 is 0 Å². The molecule has 0 aliphatic carbocycles. The molecule has 0 fully saturated rings. The highest BCUT2D eigenvalue weighted by atomic mass is 79.9. The van der Waals surface area contributed by atoms with Crippen LogP contribution in [-0.4, -0.2) is 17.3 Å². The summed E-state index contributed by atoms with van der Waals surface area (Å²) in [7, 11) is 1.64. The van der Waals surface area contributed by atoms with E-state index in [1.165, 1.54) is 0 Å². The Labute approximate surface area is 126 Å². The number of rotatable bonds is 3. The van der Waals surface area contributed by atoms with Crippen molar-refractivity contribution < 1.29 is 9.26 Å². The van der Waals surface area contributed by atoms with E-state index in [-0.39, 0.29) is 11.5 Å². The number of benzene rings is 1. The molecule has 0 radical (unpaired) electrons. The van der Waals surface area contributed by atoms with Crippen molar-refractivity contribution in [1.82, 2.24) is 10.1 Å². The van der Waals surface area contributed by atoms with Crippen molar-refractivity contribution in [3.8, 4) is 11.5 Å². The summed E-state index contributed by atoms with van der Waals surface area (Å²) in [5.74, 6) is 0.925. The van der Waals surface area contributed by atoms with Crippen LogP contribution in [0, 0.1) is 5.41 Å². The third kappa shape index (κ3) is 3.02. The number of hydrogen-bond donors (Lipinski definition) is 1. The highest BCUT2D eigenvalue weighted by Gasteiger charge is 2.30. The zero-order valence-corrected chi connectivity index (χ0v) is 13.6. The first kappa shape index (κ1) is 15.0. The molecule has 0 saturated carbocycles. The lowest BCUT2D eigenvalue weighted by atomic mass is 9.88. The molecule has 0 aliphatic rings. The van der Waals surface area contributed by atoms with Crippen LogP contribution in [0.3, 0.4) is 0 Å². The zero-order chi connectivity index (χ0) is 14.9. The summed E-state index contributed by atoms with van der Waals surface area (Å²) >= 11 is 3.37. The Bertz CT molecular complexity index is 605. The van der Waals surface area contributed by atoms with Gasteiger partial charge in [0.1, 0.15) is 6.10 Å². The number of aromatic nitrogens is 2. The first-order chi connectivity index (χ1) is 9.32.